The van der Waals surface area contributed by atoms with Gasteiger partial charge in [0, 0.05) is 29.2 Å². The van der Waals surface area contributed by atoms with E-state index in [0.29, 0.717) is 12.8 Å². The Kier molecular flexibility index (Phi) is 7.69. The van der Waals surface area contributed by atoms with E-state index in [1.165, 1.54) is 0 Å². The van der Waals surface area contributed by atoms with Gasteiger partial charge in [0.25, 0.3) is 0 Å². The molecule has 2 aliphatic heterocycles. The van der Waals surface area contributed by atoms with Crippen molar-refractivity contribution in [2.24, 2.45) is 11.8 Å². The Balaban J connectivity index is 1.58. The average molecular weight is 508 g/mol. The number of hydrogen-bond donors (Lipinski definition) is 2. The van der Waals surface area contributed by atoms with Crippen molar-refractivity contribution < 1.29 is 29.3 Å². The van der Waals surface area contributed by atoms with E-state index in [1.807, 2.05) is 24.6 Å². The molecule has 1 aromatic rings. The van der Waals surface area contributed by atoms with E-state index in [4.69, 9.17) is 9.47 Å². The Bertz CT molecular complexity index is 1000. The molecular formula is C25H33NO6S2. The highest BCUT2D eigenvalue weighted by molar-refractivity contribution is 8.00. The Labute approximate surface area is 208 Å². The first-order chi connectivity index (χ1) is 16.1. The predicted molar refractivity (Wildman–Crippen MR) is 132 cm³/mol. The van der Waals surface area contributed by atoms with Crippen LogP contribution in [0.1, 0.15) is 58.6 Å². The highest BCUT2D eigenvalue weighted by atomic mass is 32.2. The van der Waals surface area contributed by atoms with Gasteiger partial charge in [-0.1, -0.05) is 24.8 Å². The number of hydrogen-bond acceptors (Lipinski definition) is 9. The zero-order valence-electron chi connectivity index (χ0n) is 20.0. The zero-order valence-corrected chi connectivity index (χ0v) is 21.7. The summed E-state index contributed by atoms with van der Waals surface area (Å²) in [6, 6.07) is 0. The number of epoxide rings is 1. The van der Waals surface area contributed by atoms with Gasteiger partial charge in [-0.05, 0) is 51.0 Å². The number of nitrogens with zero attached hydrogens (tertiary/aromatic N) is 1. The zero-order chi connectivity index (χ0) is 24.6. The van der Waals surface area contributed by atoms with Crippen molar-refractivity contribution >= 4 is 40.9 Å². The summed E-state index contributed by atoms with van der Waals surface area (Å²) in [5.74, 6) is -1.74. The van der Waals surface area contributed by atoms with Crippen molar-refractivity contribution in [3.8, 4) is 0 Å². The molecule has 2 N–H and O–H groups in total. The maximum atomic E-state index is 12.8. The van der Waals surface area contributed by atoms with Crippen molar-refractivity contribution in [2.45, 2.75) is 87.2 Å². The fourth-order valence-corrected chi connectivity index (χ4v) is 6.20. The molecule has 0 radical (unpaired) electrons. The van der Waals surface area contributed by atoms with Gasteiger partial charge >= 0.3 is 5.97 Å². The highest BCUT2D eigenvalue weighted by Crippen LogP contribution is 2.45. The number of thiazole rings is 1. The fourth-order valence-electron chi connectivity index (χ4n) is 4.98. The quantitative estimate of drug-likeness (QED) is 0.361. The number of thioether (sulfide) groups is 1. The summed E-state index contributed by atoms with van der Waals surface area (Å²) in [7, 11) is 0. The third-order valence-corrected chi connectivity index (χ3v) is 9.15. The van der Waals surface area contributed by atoms with Gasteiger partial charge in [-0.3, -0.25) is 9.59 Å². The first-order valence-electron chi connectivity index (χ1n) is 11.8. The lowest BCUT2D eigenvalue weighted by atomic mass is 9.75. The summed E-state index contributed by atoms with van der Waals surface area (Å²) in [4.78, 5) is 30.1. The van der Waals surface area contributed by atoms with Crippen LogP contribution in [0.25, 0.3) is 6.08 Å². The molecule has 1 aliphatic carbocycles. The van der Waals surface area contributed by atoms with Gasteiger partial charge < -0.3 is 19.7 Å². The van der Waals surface area contributed by atoms with Crippen LogP contribution in [0.5, 0.6) is 0 Å². The van der Waals surface area contributed by atoms with Crippen LogP contribution >= 0.6 is 23.1 Å². The van der Waals surface area contributed by atoms with Gasteiger partial charge in [-0.15, -0.1) is 11.3 Å². The second-order valence-corrected chi connectivity index (χ2v) is 11.7. The number of ether oxygens (including phenoxy) is 2. The number of aliphatic hydroxyl groups is 2. The number of esters is 1. The minimum absolute atomic E-state index is 0.0402. The normalized spacial score (nSPS) is 37.4. The van der Waals surface area contributed by atoms with Crippen LogP contribution in [-0.2, 0) is 19.1 Å². The lowest BCUT2D eigenvalue weighted by Crippen LogP contribution is -2.40. The second kappa shape index (κ2) is 10.2. The van der Waals surface area contributed by atoms with E-state index < -0.39 is 30.2 Å². The predicted octanol–water partition coefficient (Wildman–Crippen LogP) is 3.78. The number of carbonyl (C=O) groups excluding carboxylic acids is 2. The molecule has 0 unspecified atom stereocenters. The van der Waals surface area contributed by atoms with Gasteiger partial charge in [0.1, 0.15) is 10.4 Å². The third kappa shape index (κ3) is 5.49. The second-order valence-electron chi connectivity index (χ2n) is 9.81. The highest BCUT2D eigenvalue weighted by Gasteiger charge is 2.53. The first-order valence-corrected chi connectivity index (χ1v) is 13.9. The molecule has 9 heteroatoms. The van der Waals surface area contributed by atoms with Gasteiger partial charge in [0.05, 0.1) is 36.0 Å². The summed E-state index contributed by atoms with van der Waals surface area (Å²) in [6.45, 7) is 5.66. The first kappa shape index (κ1) is 25.6. The van der Waals surface area contributed by atoms with Gasteiger partial charge in [-0.2, -0.15) is 0 Å². The summed E-state index contributed by atoms with van der Waals surface area (Å²) in [6.07, 6.45) is 5.49. The molecule has 0 amide bonds. The van der Waals surface area contributed by atoms with E-state index in [1.54, 1.807) is 36.1 Å². The largest absolute Gasteiger partial charge is 0.458 e. The monoisotopic (exact) mass is 507 g/mol. The average Bonchev–Trinajstić information content (AvgIpc) is 3.19. The molecule has 0 saturated carbocycles. The van der Waals surface area contributed by atoms with Crippen molar-refractivity contribution in [2.75, 3.05) is 6.26 Å². The Hall–Kier alpha value is -1.52. The van der Waals surface area contributed by atoms with Crippen LogP contribution in [0.2, 0.25) is 0 Å². The fraction of sp³-hybridized carbons (Fsp3) is 0.640. The molecule has 186 valence electrons. The molecule has 2 bridgehead atoms. The van der Waals surface area contributed by atoms with Crippen LogP contribution in [0.4, 0.5) is 0 Å². The Morgan fingerprint density at radius 1 is 1.35 bits per heavy atom. The van der Waals surface area contributed by atoms with Gasteiger partial charge in [0.2, 0.25) is 0 Å². The van der Waals surface area contributed by atoms with Crippen LogP contribution in [0.3, 0.4) is 0 Å². The molecule has 0 spiro atoms. The molecule has 1 aromatic heterocycles. The molecular weight excluding hydrogens is 474 g/mol. The number of rotatable bonds is 3. The molecule has 3 heterocycles. The molecule has 1 saturated heterocycles. The molecule has 0 aromatic carbocycles. The third-order valence-electron chi connectivity index (χ3n) is 7.27. The molecule has 1 fully saturated rings. The van der Waals surface area contributed by atoms with E-state index in [0.717, 1.165) is 28.4 Å². The molecule has 34 heavy (non-hydrogen) atoms. The van der Waals surface area contributed by atoms with Crippen molar-refractivity contribution in [3.63, 3.8) is 0 Å². The van der Waals surface area contributed by atoms with Crippen molar-refractivity contribution in [1.29, 1.82) is 0 Å². The SMILES string of the molecule is CSc1nc(/C=C(\C)[C@@H]2C[C@@H]3O[C@]3(C)CCC[C@@H]3C=C(C(=O)[C@H](C)[C@H]3O)[C@@H](O)CC(=O)O2)cs1. The Morgan fingerprint density at radius 2 is 2.12 bits per heavy atom. The van der Waals surface area contributed by atoms with E-state index in [-0.39, 0.29) is 35.4 Å². The number of aliphatic hydroxyl groups excluding tert-OH is 2. The smallest absolute Gasteiger partial charge is 0.309 e. The van der Waals surface area contributed by atoms with Crippen molar-refractivity contribution in [1.82, 2.24) is 4.98 Å². The van der Waals surface area contributed by atoms with Crippen molar-refractivity contribution in [3.05, 3.63) is 28.3 Å². The van der Waals surface area contributed by atoms with Crippen LogP contribution < -0.4 is 0 Å². The maximum Gasteiger partial charge on any atom is 0.309 e. The summed E-state index contributed by atoms with van der Waals surface area (Å²) in [5.41, 5.74) is 1.59. The number of fused-ring (bicyclic) bond motifs is 2. The number of aromatic nitrogens is 1. The van der Waals surface area contributed by atoms with E-state index in [2.05, 4.69) is 11.9 Å². The maximum absolute atomic E-state index is 12.8. The number of Topliss-reactive ketones (excluding diaryl/α,β-unsaturated/α-hetero) is 1. The Morgan fingerprint density at radius 3 is 2.82 bits per heavy atom. The number of carbonyl (C=O) groups is 2. The topological polar surface area (TPSA) is 109 Å². The lowest BCUT2D eigenvalue weighted by molar-refractivity contribution is -0.149. The number of cyclic esters (lactones) is 1. The standard InChI is InChI=1S/C25H33NO6S2/c1-13(8-16-12-34-24(26-16)33-4)19-11-20-25(3,32-20)7-5-6-15-9-17(18(27)10-21(28)31-19)23(30)14(2)22(15)29/h8-9,12,14-15,18-20,22,27,29H,5-7,10-11H2,1-4H3/b13-8+/t14-,15-,18+,19+,20+,22-,25-/m1/s1. The molecule has 4 rings (SSSR count). The van der Waals surface area contributed by atoms with Crippen LogP contribution in [-0.4, -0.2) is 63.2 Å². The number of ketones is 1. The van der Waals surface area contributed by atoms with Gasteiger partial charge in [-0.25, -0.2) is 4.98 Å². The van der Waals surface area contributed by atoms with Crippen LogP contribution in [0.15, 0.2) is 26.9 Å². The molecule has 3 aliphatic rings. The molecule has 7 nitrogen and oxygen atoms in total. The minimum atomic E-state index is -1.25. The summed E-state index contributed by atoms with van der Waals surface area (Å²) < 4.78 is 12.8. The lowest BCUT2D eigenvalue weighted by Gasteiger charge is -2.32. The van der Waals surface area contributed by atoms with Crippen LogP contribution in [0, 0.1) is 11.8 Å². The van der Waals surface area contributed by atoms with E-state index >= 15 is 0 Å². The summed E-state index contributed by atoms with van der Waals surface area (Å²) >= 11 is 3.15. The van der Waals surface area contributed by atoms with Gasteiger partial charge in [0.15, 0.2) is 5.78 Å². The van der Waals surface area contributed by atoms with E-state index in [9.17, 15) is 19.8 Å². The summed E-state index contributed by atoms with van der Waals surface area (Å²) in [5, 5.41) is 23.3. The molecule has 7 atom stereocenters. The minimum Gasteiger partial charge on any atom is -0.458 e.